The van der Waals surface area contributed by atoms with Gasteiger partial charge in [-0.3, -0.25) is 9.59 Å². The number of H-pyrrole nitrogens is 1. The van der Waals surface area contributed by atoms with E-state index in [4.69, 9.17) is 0 Å². The van der Waals surface area contributed by atoms with E-state index in [1.165, 1.54) is 24.3 Å². The first-order chi connectivity index (χ1) is 10.6. The lowest BCUT2D eigenvalue weighted by molar-refractivity contribution is -0.111. The Morgan fingerprint density at radius 1 is 0.909 bits per heavy atom. The molecule has 22 heavy (non-hydrogen) atoms. The number of benzene rings is 2. The predicted molar refractivity (Wildman–Crippen MR) is 82.8 cm³/mol. The van der Waals surface area contributed by atoms with Gasteiger partial charge >= 0.3 is 0 Å². The second-order valence-electron chi connectivity index (χ2n) is 5.23. The normalized spacial score (nSPS) is 14.1. The molecule has 0 amide bonds. The molecule has 4 rings (SSSR count). The summed E-state index contributed by atoms with van der Waals surface area (Å²) >= 11 is 0. The Kier molecular flexibility index (Phi) is 2.53. The van der Waals surface area contributed by atoms with Crippen molar-refractivity contribution >= 4 is 28.0 Å². The number of nitrogens with one attached hydrogen (secondary N) is 1. The number of phenols is 1. The van der Waals surface area contributed by atoms with Crippen molar-refractivity contribution in [3.8, 4) is 5.75 Å². The highest BCUT2D eigenvalue weighted by atomic mass is 16.3. The molecule has 0 saturated carbocycles. The molecule has 0 spiro atoms. The summed E-state index contributed by atoms with van der Waals surface area (Å²) in [6.45, 7) is 0. The molecule has 0 atom stereocenters. The average molecular weight is 289 g/mol. The minimum Gasteiger partial charge on any atom is -0.508 e. The summed E-state index contributed by atoms with van der Waals surface area (Å²) in [7, 11) is 0. The van der Waals surface area contributed by atoms with E-state index in [1.807, 2.05) is 30.5 Å². The number of carbonyl (C=O) groups is 2. The summed E-state index contributed by atoms with van der Waals surface area (Å²) in [6.07, 6.45) is 3.16. The monoisotopic (exact) mass is 289 g/mol. The van der Waals surface area contributed by atoms with Gasteiger partial charge in [0.05, 0.1) is 0 Å². The van der Waals surface area contributed by atoms with Gasteiger partial charge < -0.3 is 10.1 Å². The first-order valence-corrected chi connectivity index (χ1v) is 6.85. The number of hydrogen-bond donors (Lipinski definition) is 2. The topological polar surface area (TPSA) is 70.2 Å². The molecule has 2 aromatic carbocycles. The van der Waals surface area contributed by atoms with Crippen LogP contribution in [0, 0.1) is 0 Å². The summed E-state index contributed by atoms with van der Waals surface area (Å²) in [6, 6.07) is 12.2. The molecule has 4 nitrogen and oxygen atoms in total. The molecule has 1 aliphatic carbocycles. The van der Waals surface area contributed by atoms with Crippen LogP contribution in [0.25, 0.3) is 16.5 Å². The van der Waals surface area contributed by atoms with Crippen molar-refractivity contribution in [1.82, 2.24) is 4.98 Å². The summed E-state index contributed by atoms with van der Waals surface area (Å²) in [5.74, 6) is -1.02. The van der Waals surface area contributed by atoms with Gasteiger partial charge in [0.2, 0.25) is 11.6 Å². The second-order valence-corrected chi connectivity index (χ2v) is 5.23. The van der Waals surface area contributed by atoms with E-state index < -0.39 is 11.6 Å². The number of aromatic nitrogens is 1. The molecule has 4 heteroatoms. The Bertz CT molecular complexity index is 979. The number of aromatic hydroxyl groups is 1. The number of Topliss-reactive ketones (excluding diaryl/α,β-unsaturated/α-hetero) is 1. The van der Waals surface area contributed by atoms with Crippen molar-refractivity contribution in [3.05, 3.63) is 71.4 Å². The van der Waals surface area contributed by atoms with Crippen molar-refractivity contribution in [1.29, 1.82) is 0 Å². The van der Waals surface area contributed by atoms with Crippen LogP contribution < -0.4 is 0 Å². The number of aromatic amines is 1. The molecule has 0 aliphatic heterocycles. The molecule has 0 bridgehead atoms. The number of fused-ring (bicyclic) bond motifs is 2. The van der Waals surface area contributed by atoms with Gasteiger partial charge in [-0.15, -0.1) is 0 Å². The van der Waals surface area contributed by atoms with Crippen LogP contribution in [0.2, 0.25) is 0 Å². The largest absolute Gasteiger partial charge is 0.508 e. The lowest BCUT2D eigenvalue weighted by Gasteiger charge is -2.16. The smallest absolute Gasteiger partial charge is 0.233 e. The zero-order chi connectivity index (χ0) is 15.3. The van der Waals surface area contributed by atoms with E-state index in [-0.39, 0.29) is 5.75 Å². The summed E-state index contributed by atoms with van der Waals surface area (Å²) in [5.41, 5.74) is 3.33. The summed E-state index contributed by atoms with van der Waals surface area (Å²) in [4.78, 5) is 27.2. The molecule has 1 heterocycles. The molecule has 2 N–H and O–H groups in total. The number of phenolic OH excluding ortho intramolecular Hbond substituents is 1. The van der Waals surface area contributed by atoms with E-state index in [0.717, 1.165) is 16.5 Å². The molecule has 1 aromatic heterocycles. The van der Waals surface area contributed by atoms with Gasteiger partial charge in [-0.2, -0.15) is 0 Å². The fraction of sp³-hybridized carbons (Fsp3) is 0. The third kappa shape index (κ3) is 1.71. The molecular weight excluding hydrogens is 278 g/mol. The highest BCUT2D eigenvalue weighted by molar-refractivity contribution is 6.51. The maximum absolute atomic E-state index is 12.0. The lowest BCUT2D eigenvalue weighted by atomic mass is 9.85. The molecule has 0 saturated heterocycles. The zero-order valence-electron chi connectivity index (χ0n) is 11.5. The highest BCUT2D eigenvalue weighted by Crippen LogP contribution is 2.36. The van der Waals surface area contributed by atoms with Crippen LogP contribution in [-0.2, 0) is 4.79 Å². The highest BCUT2D eigenvalue weighted by Gasteiger charge is 2.27. The Hall–Kier alpha value is -3.14. The molecule has 1 aliphatic rings. The number of carbonyl (C=O) groups excluding carboxylic acids is 2. The van der Waals surface area contributed by atoms with Gasteiger partial charge in [-0.25, -0.2) is 0 Å². The number of para-hydroxylation sites is 1. The molecular formula is C18H11NO3. The Balaban J connectivity index is 2.03. The molecule has 0 unspecified atom stereocenters. The number of allylic oxidation sites excluding steroid dienone is 1. The van der Waals surface area contributed by atoms with Gasteiger partial charge in [0.1, 0.15) is 5.75 Å². The van der Waals surface area contributed by atoms with Crippen LogP contribution >= 0.6 is 0 Å². The third-order valence-corrected chi connectivity index (χ3v) is 3.92. The average Bonchev–Trinajstić information content (AvgIpc) is 2.95. The van der Waals surface area contributed by atoms with Crippen LogP contribution in [0.3, 0.4) is 0 Å². The minimum absolute atomic E-state index is 0.0617. The Labute approximate surface area is 125 Å². The number of rotatable bonds is 1. The standard InChI is InChI=1S/C18H11NO3/c20-10-5-6-12-13(7-10)14(8-17(21)18(12)22)15-9-19-16-4-2-1-3-11(15)16/h1-9,19-20H. The van der Waals surface area contributed by atoms with Gasteiger partial charge in [-0.05, 0) is 41.5 Å². The van der Waals surface area contributed by atoms with Crippen LogP contribution in [0.1, 0.15) is 21.5 Å². The minimum atomic E-state index is -0.543. The van der Waals surface area contributed by atoms with E-state index in [0.29, 0.717) is 16.7 Å². The van der Waals surface area contributed by atoms with Crippen molar-refractivity contribution in [2.45, 2.75) is 0 Å². The van der Waals surface area contributed by atoms with E-state index in [9.17, 15) is 14.7 Å². The maximum Gasteiger partial charge on any atom is 0.233 e. The first kappa shape index (κ1) is 12.6. The molecule has 3 aromatic rings. The fourth-order valence-corrected chi connectivity index (χ4v) is 2.88. The van der Waals surface area contributed by atoms with E-state index in [2.05, 4.69) is 4.98 Å². The Morgan fingerprint density at radius 3 is 2.59 bits per heavy atom. The number of hydrogen-bond acceptors (Lipinski definition) is 3. The molecule has 0 fully saturated rings. The lowest BCUT2D eigenvalue weighted by Crippen LogP contribution is -2.18. The Morgan fingerprint density at radius 2 is 1.73 bits per heavy atom. The maximum atomic E-state index is 12.0. The SMILES string of the molecule is O=C1C=C(c2c[nH]c3ccccc23)c2cc(O)ccc2C1=O. The van der Waals surface area contributed by atoms with E-state index >= 15 is 0 Å². The molecule has 0 radical (unpaired) electrons. The first-order valence-electron chi connectivity index (χ1n) is 6.85. The zero-order valence-corrected chi connectivity index (χ0v) is 11.5. The van der Waals surface area contributed by atoms with Gasteiger partial charge in [0.25, 0.3) is 0 Å². The second kappa shape index (κ2) is 4.43. The van der Waals surface area contributed by atoms with Crippen molar-refractivity contribution in [2.24, 2.45) is 0 Å². The predicted octanol–water partition coefficient (Wildman–Crippen LogP) is 3.07. The summed E-state index contributed by atoms with van der Waals surface area (Å²) < 4.78 is 0. The van der Waals surface area contributed by atoms with Crippen LogP contribution in [0.15, 0.2) is 54.7 Å². The van der Waals surface area contributed by atoms with E-state index in [1.54, 1.807) is 0 Å². The van der Waals surface area contributed by atoms with Gasteiger partial charge in [-0.1, -0.05) is 18.2 Å². The van der Waals surface area contributed by atoms with Crippen LogP contribution in [0.4, 0.5) is 0 Å². The van der Waals surface area contributed by atoms with Crippen LogP contribution in [-0.4, -0.2) is 21.7 Å². The quantitative estimate of drug-likeness (QED) is 0.676. The van der Waals surface area contributed by atoms with Crippen molar-refractivity contribution in [2.75, 3.05) is 0 Å². The van der Waals surface area contributed by atoms with Crippen LogP contribution in [0.5, 0.6) is 5.75 Å². The molecule has 106 valence electrons. The van der Waals surface area contributed by atoms with Gasteiger partial charge in [0.15, 0.2) is 0 Å². The summed E-state index contributed by atoms with van der Waals surface area (Å²) in [5, 5.41) is 10.7. The third-order valence-electron chi connectivity index (χ3n) is 3.92. The van der Waals surface area contributed by atoms with Crippen molar-refractivity contribution in [3.63, 3.8) is 0 Å². The number of ketones is 2. The van der Waals surface area contributed by atoms with Crippen molar-refractivity contribution < 1.29 is 14.7 Å². The fourth-order valence-electron chi connectivity index (χ4n) is 2.88. The van der Waals surface area contributed by atoms with Gasteiger partial charge in [0, 0.05) is 28.2 Å².